The molecule has 1 atom stereocenters. The van der Waals surface area contributed by atoms with Crippen LogP contribution in [0.1, 0.15) is 17.3 Å². The van der Waals surface area contributed by atoms with E-state index in [0.717, 1.165) is 6.07 Å². The molecule has 0 heterocycles. The van der Waals surface area contributed by atoms with Gasteiger partial charge in [0.2, 0.25) is 0 Å². The largest absolute Gasteiger partial charge is 0.449 e. The summed E-state index contributed by atoms with van der Waals surface area (Å²) in [6.07, 6.45) is -1.10. The second-order valence-corrected chi connectivity index (χ2v) is 4.23. The van der Waals surface area contributed by atoms with Crippen LogP contribution < -0.4 is 5.73 Å². The van der Waals surface area contributed by atoms with E-state index < -0.39 is 22.9 Å². The Morgan fingerprint density at radius 1 is 1.50 bits per heavy atom. The molecule has 18 heavy (non-hydrogen) atoms. The summed E-state index contributed by atoms with van der Waals surface area (Å²) in [7, 11) is 0. The first-order chi connectivity index (χ1) is 8.32. The van der Waals surface area contributed by atoms with Gasteiger partial charge in [-0.1, -0.05) is 0 Å². The van der Waals surface area contributed by atoms with Crippen molar-refractivity contribution in [2.45, 2.75) is 13.0 Å². The van der Waals surface area contributed by atoms with Gasteiger partial charge >= 0.3 is 5.97 Å². The average molecular weight is 317 g/mol. The van der Waals surface area contributed by atoms with Crippen LogP contribution in [0, 0.1) is 10.1 Å². The van der Waals surface area contributed by atoms with Crippen molar-refractivity contribution in [3.8, 4) is 0 Å². The summed E-state index contributed by atoms with van der Waals surface area (Å²) in [6.45, 7) is 1.31. The average Bonchev–Trinajstić information content (AvgIpc) is 2.28. The number of nitrogens with two attached hydrogens (primary N) is 1. The standard InChI is InChI=1S/C10H9BrN2O5/c1-5(9(12)14)18-10(15)6-2-3-7(11)8(4-6)13(16)17/h2-5H,1H3,(H2,12,14)/t5-/m0/s1. The zero-order valence-electron chi connectivity index (χ0n) is 9.25. The van der Waals surface area contributed by atoms with Crippen molar-refractivity contribution in [1.82, 2.24) is 0 Å². The van der Waals surface area contributed by atoms with E-state index in [1.165, 1.54) is 19.1 Å². The van der Waals surface area contributed by atoms with Crippen molar-refractivity contribution >= 4 is 33.5 Å². The van der Waals surface area contributed by atoms with Crippen LogP contribution in [0.3, 0.4) is 0 Å². The van der Waals surface area contributed by atoms with E-state index in [1.54, 1.807) is 0 Å². The quantitative estimate of drug-likeness (QED) is 0.512. The first-order valence-electron chi connectivity index (χ1n) is 4.77. The van der Waals surface area contributed by atoms with E-state index in [-0.39, 0.29) is 15.7 Å². The number of nitro benzene ring substituents is 1. The van der Waals surface area contributed by atoms with Gasteiger partial charge in [0.1, 0.15) is 0 Å². The molecule has 0 bridgehead atoms. The van der Waals surface area contributed by atoms with Crippen molar-refractivity contribution in [3.05, 3.63) is 38.3 Å². The molecule has 7 nitrogen and oxygen atoms in total. The number of esters is 1. The predicted octanol–water partition coefficient (Wildman–Crippen LogP) is 1.39. The lowest BCUT2D eigenvalue weighted by Gasteiger charge is -2.09. The highest BCUT2D eigenvalue weighted by atomic mass is 79.9. The molecule has 0 aliphatic rings. The number of primary amides is 1. The minimum Gasteiger partial charge on any atom is -0.449 e. The van der Waals surface area contributed by atoms with Gasteiger partial charge in [0, 0.05) is 6.07 Å². The molecule has 1 amide bonds. The first-order valence-corrected chi connectivity index (χ1v) is 5.56. The number of carbonyl (C=O) groups is 2. The monoisotopic (exact) mass is 316 g/mol. The van der Waals surface area contributed by atoms with Crippen molar-refractivity contribution < 1.29 is 19.2 Å². The molecule has 1 rings (SSSR count). The fourth-order valence-corrected chi connectivity index (χ4v) is 1.46. The number of carbonyl (C=O) groups excluding carboxylic acids is 2. The van der Waals surface area contributed by atoms with Crippen LogP contribution in [0.15, 0.2) is 22.7 Å². The van der Waals surface area contributed by atoms with Gasteiger partial charge in [-0.25, -0.2) is 4.79 Å². The van der Waals surface area contributed by atoms with Gasteiger partial charge in [0.15, 0.2) is 6.10 Å². The van der Waals surface area contributed by atoms with Crippen molar-refractivity contribution in [1.29, 1.82) is 0 Å². The van der Waals surface area contributed by atoms with Gasteiger partial charge in [-0.05, 0) is 35.0 Å². The summed E-state index contributed by atoms with van der Waals surface area (Å²) < 4.78 is 4.96. The number of benzene rings is 1. The highest BCUT2D eigenvalue weighted by Gasteiger charge is 2.20. The second kappa shape index (κ2) is 5.58. The number of hydrogen-bond acceptors (Lipinski definition) is 5. The van der Waals surface area contributed by atoms with Crippen molar-refractivity contribution in [3.63, 3.8) is 0 Å². The van der Waals surface area contributed by atoms with Gasteiger partial charge in [0.25, 0.3) is 11.6 Å². The number of nitro groups is 1. The molecule has 0 fully saturated rings. The van der Waals surface area contributed by atoms with Crippen LogP contribution in [-0.2, 0) is 9.53 Å². The molecule has 8 heteroatoms. The predicted molar refractivity (Wildman–Crippen MR) is 64.9 cm³/mol. The Bertz CT molecular complexity index is 517. The van der Waals surface area contributed by atoms with Crippen LogP contribution in [0.4, 0.5) is 5.69 Å². The Balaban J connectivity index is 2.97. The normalized spacial score (nSPS) is 11.7. The molecular formula is C10H9BrN2O5. The zero-order chi connectivity index (χ0) is 13.9. The highest BCUT2D eigenvalue weighted by molar-refractivity contribution is 9.10. The van der Waals surface area contributed by atoms with Crippen LogP contribution in [-0.4, -0.2) is 22.9 Å². The van der Waals surface area contributed by atoms with E-state index >= 15 is 0 Å². The molecule has 96 valence electrons. The van der Waals surface area contributed by atoms with E-state index in [4.69, 9.17) is 10.5 Å². The Hall–Kier alpha value is -1.96. The molecule has 1 aromatic carbocycles. The smallest absolute Gasteiger partial charge is 0.339 e. The number of rotatable bonds is 4. The maximum absolute atomic E-state index is 11.6. The lowest BCUT2D eigenvalue weighted by atomic mass is 10.2. The summed E-state index contributed by atoms with van der Waals surface area (Å²) in [5.41, 5.74) is 4.64. The summed E-state index contributed by atoms with van der Waals surface area (Å²) in [5.74, 6) is -1.65. The maximum atomic E-state index is 11.6. The van der Waals surface area contributed by atoms with Crippen LogP contribution in [0.25, 0.3) is 0 Å². The molecule has 0 saturated carbocycles. The molecule has 2 N–H and O–H groups in total. The number of amides is 1. The SMILES string of the molecule is C[C@H](OC(=O)c1ccc(Br)c([N+](=O)[O-])c1)C(N)=O. The first kappa shape index (κ1) is 14.1. The molecule has 0 aromatic heterocycles. The minimum atomic E-state index is -1.10. The molecule has 1 aromatic rings. The van der Waals surface area contributed by atoms with Crippen LogP contribution in [0.2, 0.25) is 0 Å². The Labute approximate surface area is 110 Å². The zero-order valence-corrected chi connectivity index (χ0v) is 10.8. The van der Waals surface area contributed by atoms with E-state index in [9.17, 15) is 19.7 Å². The molecule has 0 unspecified atom stereocenters. The Morgan fingerprint density at radius 3 is 2.61 bits per heavy atom. The van der Waals surface area contributed by atoms with E-state index in [0.29, 0.717) is 0 Å². The third-order valence-electron chi connectivity index (χ3n) is 2.06. The van der Waals surface area contributed by atoms with Crippen LogP contribution in [0.5, 0.6) is 0 Å². The summed E-state index contributed by atoms with van der Waals surface area (Å²) in [5, 5.41) is 10.7. The number of ether oxygens (including phenoxy) is 1. The third-order valence-corrected chi connectivity index (χ3v) is 2.73. The van der Waals surface area contributed by atoms with Gasteiger partial charge in [-0.15, -0.1) is 0 Å². The van der Waals surface area contributed by atoms with Gasteiger partial charge in [-0.3, -0.25) is 14.9 Å². The molecule has 0 spiro atoms. The van der Waals surface area contributed by atoms with E-state index in [2.05, 4.69) is 15.9 Å². The molecule has 0 aliphatic heterocycles. The summed E-state index contributed by atoms with van der Waals surface area (Å²) >= 11 is 2.99. The van der Waals surface area contributed by atoms with E-state index in [1.807, 2.05) is 0 Å². The fraction of sp³-hybridized carbons (Fsp3) is 0.200. The molecular weight excluding hydrogens is 308 g/mol. The van der Waals surface area contributed by atoms with Gasteiger partial charge in [-0.2, -0.15) is 0 Å². The summed E-state index contributed by atoms with van der Waals surface area (Å²) in [6, 6.07) is 3.75. The van der Waals surface area contributed by atoms with Gasteiger partial charge in [0.05, 0.1) is 15.0 Å². The van der Waals surface area contributed by atoms with Gasteiger partial charge < -0.3 is 10.5 Å². The second-order valence-electron chi connectivity index (χ2n) is 3.37. The summed E-state index contributed by atoms with van der Waals surface area (Å²) in [4.78, 5) is 32.3. The number of halogens is 1. The lowest BCUT2D eigenvalue weighted by molar-refractivity contribution is -0.385. The Morgan fingerprint density at radius 2 is 2.11 bits per heavy atom. The molecule has 0 radical (unpaired) electrons. The third kappa shape index (κ3) is 3.27. The van der Waals surface area contributed by atoms with Crippen molar-refractivity contribution in [2.24, 2.45) is 5.73 Å². The lowest BCUT2D eigenvalue weighted by Crippen LogP contribution is -2.30. The topological polar surface area (TPSA) is 113 Å². The van der Waals surface area contributed by atoms with Crippen LogP contribution >= 0.6 is 15.9 Å². The molecule has 0 aliphatic carbocycles. The minimum absolute atomic E-state index is 0.0296. The highest BCUT2D eigenvalue weighted by Crippen LogP contribution is 2.25. The van der Waals surface area contributed by atoms with Crippen molar-refractivity contribution in [2.75, 3.05) is 0 Å². The maximum Gasteiger partial charge on any atom is 0.339 e. The Kier molecular flexibility index (Phi) is 4.38. The molecule has 0 saturated heterocycles. The fourth-order valence-electron chi connectivity index (χ4n) is 1.07. The number of hydrogen-bond donors (Lipinski definition) is 1. The number of nitrogens with zero attached hydrogens (tertiary/aromatic N) is 1.